The van der Waals surface area contributed by atoms with Crippen molar-refractivity contribution in [2.75, 3.05) is 26.3 Å². The third kappa shape index (κ3) is 4.43. The van der Waals surface area contributed by atoms with Crippen LogP contribution in [0.5, 0.6) is 0 Å². The molecule has 0 amide bonds. The molecule has 0 bridgehead atoms. The molecular weight excluding hydrogens is 392 g/mol. The predicted molar refractivity (Wildman–Crippen MR) is 117 cm³/mol. The normalized spacial score (nSPS) is 30.5. The molecule has 170 valence electrons. The summed E-state index contributed by atoms with van der Waals surface area (Å²) in [5.74, 6) is 2.72. The number of aliphatic hydroxyl groups excluding tert-OH is 1. The summed E-state index contributed by atoms with van der Waals surface area (Å²) in [6.07, 6.45) is 14.0. The predicted octanol–water partition coefficient (Wildman–Crippen LogP) is 2.76. The Bertz CT molecular complexity index is 842. The zero-order valence-electron chi connectivity index (χ0n) is 18.7. The molecule has 3 fully saturated rings. The van der Waals surface area contributed by atoms with Crippen molar-refractivity contribution >= 4 is 0 Å². The maximum Gasteiger partial charge on any atom is 0.158 e. The van der Waals surface area contributed by atoms with E-state index in [0.29, 0.717) is 23.7 Å². The summed E-state index contributed by atoms with van der Waals surface area (Å²) >= 11 is 0. The van der Waals surface area contributed by atoms with E-state index in [1.165, 1.54) is 44.1 Å². The molecule has 3 heterocycles. The molecule has 0 radical (unpaired) electrons. The number of nitrogens with zero attached hydrogens (tertiary/aromatic N) is 6. The highest BCUT2D eigenvalue weighted by Crippen LogP contribution is 2.40. The monoisotopic (exact) mass is 428 g/mol. The second kappa shape index (κ2) is 9.38. The molecule has 2 aliphatic carbocycles. The number of morpholine rings is 1. The summed E-state index contributed by atoms with van der Waals surface area (Å²) in [7, 11) is 1.96. The highest BCUT2D eigenvalue weighted by Gasteiger charge is 2.30. The molecule has 8 heteroatoms. The van der Waals surface area contributed by atoms with E-state index in [1.807, 2.05) is 11.6 Å². The smallest absolute Gasteiger partial charge is 0.158 e. The Morgan fingerprint density at radius 1 is 0.935 bits per heavy atom. The molecule has 31 heavy (non-hydrogen) atoms. The molecule has 0 atom stereocenters. The van der Waals surface area contributed by atoms with Gasteiger partial charge in [0.2, 0.25) is 0 Å². The summed E-state index contributed by atoms with van der Waals surface area (Å²) < 4.78 is 9.74. The molecule has 0 aromatic carbocycles. The molecule has 0 spiro atoms. The topological polar surface area (TPSA) is 81.2 Å². The van der Waals surface area contributed by atoms with Crippen LogP contribution in [0.1, 0.15) is 86.5 Å². The average Bonchev–Trinajstić information content (AvgIpc) is 3.47. The average molecular weight is 429 g/mol. The first-order valence-corrected chi connectivity index (χ1v) is 12.1. The highest BCUT2D eigenvalue weighted by molar-refractivity contribution is 5.15. The van der Waals surface area contributed by atoms with E-state index in [-0.39, 0.29) is 6.61 Å². The van der Waals surface area contributed by atoms with E-state index in [4.69, 9.17) is 9.84 Å². The second-order valence-corrected chi connectivity index (χ2v) is 9.60. The van der Waals surface area contributed by atoms with Crippen molar-refractivity contribution in [3.8, 4) is 0 Å². The van der Waals surface area contributed by atoms with Crippen LogP contribution in [0.25, 0.3) is 0 Å². The lowest BCUT2D eigenvalue weighted by atomic mass is 9.79. The van der Waals surface area contributed by atoms with Gasteiger partial charge >= 0.3 is 0 Å². The summed E-state index contributed by atoms with van der Waals surface area (Å²) in [5.41, 5.74) is 1.41. The molecule has 1 saturated heterocycles. The number of hydrogen-bond donors (Lipinski definition) is 1. The summed E-state index contributed by atoms with van der Waals surface area (Å²) in [4.78, 5) is 2.63. The maximum atomic E-state index is 9.37. The number of rotatable bonds is 5. The van der Waals surface area contributed by atoms with Gasteiger partial charge in [0, 0.05) is 38.3 Å². The molecule has 1 N–H and O–H groups in total. The minimum absolute atomic E-state index is 0.0492. The van der Waals surface area contributed by atoms with Crippen molar-refractivity contribution < 1.29 is 9.84 Å². The van der Waals surface area contributed by atoms with Crippen molar-refractivity contribution in [3.63, 3.8) is 0 Å². The minimum atomic E-state index is -0.0492. The Morgan fingerprint density at radius 2 is 1.61 bits per heavy atom. The van der Waals surface area contributed by atoms with Gasteiger partial charge in [0.1, 0.15) is 12.4 Å². The molecule has 3 aliphatic rings. The number of aromatic nitrogens is 5. The number of ether oxygens (including phenoxy) is 1. The van der Waals surface area contributed by atoms with Gasteiger partial charge in [0.15, 0.2) is 5.82 Å². The van der Waals surface area contributed by atoms with Crippen molar-refractivity contribution in [1.82, 2.24) is 29.4 Å². The van der Waals surface area contributed by atoms with E-state index in [1.54, 1.807) is 0 Å². The third-order valence-electron chi connectivity index (χ3n) is 7.93. The van der Waals surface area contributed by atoms with Gasteiger partial charge in [-0.1, -0.05) is 0 Å². The van der Waals surface area contributed by atoms with Crippen LogP contribution in [0.3, 0.4) is 0 Å². The van der Waals surface area contributed by atoms with Gasteiger partial charge in [-0.05, 0) is 62.8 Å². The van der Waals surface area contributed by atoms with Crippen LogP contribution in [-0.2, 0) is 18.4 Å². The van der Waals surface area contributed by atoms with Crippen molar-refractivity contribution in [1.29, 1.82) is 0 Å². The number of aliphatic hydroxyl groups is 1. The van der Waals surface area contributed by atoms with Gasteiger partial charge in [-0.15, -0.1) is 10.2 Å². The van der Waals surface area contributed by atoms with E-state index >= 15 is 0 Å². The standard InChI is InChI=1S/C23H36N6O2/c1-27-22(16-30)25-26-23(27)18-4-2-17(3-5-18)19-14-24-29(15-19)21-8-6-20(7-9-21)28-10-12-31-13-11-28/h14-15,17-18,20-21,30H,2-13,16H2,1H3/t17-,18-,20-,21-. The molecule has 2 aromatic rings. The first-order valence-electron chi connectivity index (χ1n) is 12.1. The van der Waals surface area contributed by atoms with E-state index in [2.05, 4.69) is 32.2 Å². The lowest BCUT2D eigenvalue weighted by Crippen LogP contribution is -2.45. The molecule has 2 aromatic heterocycles. The Balaban J connectivity index is 1.14. The lowest BCUT2D eigenvalue weighted by molar-refractivity contribution is 0.00506. The van der Waals surface area contributed by atoms with Crippen molar-refractivity contribution in [2.45, 2.75) is 81.9 Å². The third-order valence-corrected chi connectivity index (χ3v) is 7.93. The van der Waals surface area contributed by atoms with Crippen LogP contribution in [0.4, 0.5) is 0 Å². The quantitative estimate of drug-likeness (QED) is 0.789. The first kappa shape index (κ1) is 21.1. The van der Waals surface area contributed by atoms with Crippen molar-refractivity contribution in [3.05, 3.63) is 29.6 Å². The van der Waals surface area contributed by atoms with Gasteiger partial charge in [-0.25, -0.2) is 0 Å². The van der Waals surface area contributed by atoms with Gasteiger partial charge in [-0.2, -0.15) is 5.10 Å². The fraction of sp³-hybridized carbons (Fsp3) is 0.783. The van der Waals surface area contributed by atoms with Crippen LogP contribution in [0.15, 0.2) is 12.4 Å². The second-order valence-electron chi connectivity index (χ2n) is 9.60. The van der Waals surface area contributed by atoms with Gasteiger partial charge in [0.25, 0.3) is 0 Å². The Morgan fingerprint density at radius 3 is 2.29 bits per heavy atom. The van der Waals surface area contributed by atoms with E-state index in [0.717, 1.165) is 51.0 Å². The summed E-state index contributed by atoms with van der Waals surface area (Å²) in [6, 6.07) is 1.29. The van der Waals surface area contributed by atoms with Crippen LogP contribution in [-0.4, -0.2) is 66.9 Å². The Kier molecular flexibility index (Phi) is 6.39. The maximum absolute atomic E-state index is 9.37. The molecule has 5 rings (SSSR count). The zero-order chi connectivity index (χ0) is 21.2. The number of hydrogen-bond acceptors (Lipinski definition) is 6. The van der Waals surface area contributed by atoms with Gasteiger partial charge in [0.05, 0.1) is 25.5 Å². The summed E-state index contributed by atoms with van der Waals surface area (Å²) in [6.45, 7) is 3.93. The largest absolute Gasteiger partial charge is 0.388 e. The SMILES string of the molecule is Cn1c(CO)nnc1[C@H]1CC[C@H](c2cnn([C@H]3CC[C@H](N4CCOCC4)CC3)c2)CC1. The Labute approximate surface area is 184 Å². The molecular formula is C23H36N6O2. The lowest BCUT2D eigenvalue weighted by Gasteiger charge is -2.38. The first-order chi connectivity index (χ1) is 15.2. The summed E-state index contributed by atoms with van der Waals surface area (Å²) in [5, 5.41) is 22.6. The van der Waals surface area contributed by atoms with Crippen LogP contribution in [0.2, 0.25) is 0 Å². The molecule has 8 nitrogen and oxygen atoms in total. The van der Waals surface area contributed by atoms with Gasteiger partial charge < -0.3 is 14.4 Å². The fourth-order valence-electron chi connectivity index (χ4n) is 5.95. The fourth-order valence-corrected chi connectivity index (χ4v) is 5.95. The van der Waals surface area contributed by atoms with Crippen molar-refractivity contribution in [2.24, 2.45) is 7.05 Å². The molecule has 1 aliphatic heterocycles. The van der Waals surface area contributed by atoms with Gasteiger partial charge in [-0.3, -0.25) is 9.58 Å². The van der Waals surface area contributed by atoms with E-state index in [9.17, 15) is 5.11 Å². The Hall–Kier alpha value is -1.77. The van der Waals surface area contributed by atoms with E-state index < -0.39 is 0 Å². The highest BCUT2D eigenvalue weighted by atomic mass is 16.5. The molecule has 2 saturated carbocycles. The van der Waals surface area contributed by atoms with Crippen LogP contribution < -0.4 is 0 Å². The zero-order valence-corrected chi connectivity index (χ0v) is 18.7. The van der Waals surface area contributed by atoms with Crippen LogP contribution in [0, 0.1) is 0 Å². The minimum Gasteiger partial charge on any atom is -0.388 e. The van der Waals surface area contributed by atoms with Crippen LogP contribution >= 0.6 is 0 Å². The molecule has 0 unspecified atom stereocenters.